The minimum atomic E-state index is -0.359. The highest BCUT2D eigenvalue weighted by atomic mass is 19.1. The average molecular weight is 269 g/mol. The molecule has 0 saturated carbocycles. The van der Waals surface area contributed by atoms with Crippen molar-refractivity contribution in [2.24, 2.45) is 11.8 Å². The molecule has 0 spiro atoms. The maximum absolute atomic E-state index is 13.6. The Balaban J connectivity index is 2.58. The van der Waals surface area contributed by atoms with Crippen molar-refractivity contribution in [3.8, 4) is 0 Å². The van der Waals surface area contributed by atoms with Crippen molar-refractivity contribution in [1.29, 1.82) is 0 Å². The highest BCUT2D eigenvalue weighted by Crippen LogP contribution is 2.17. The molecule has 0 saturated heterocycles. The third-order valence-electron chi connectivity index (χ3n) is 3.20. The van der Waals surface area contributed by atoms with Crippen molar-refractivity contribution in [3.63, 3.8) is 0 Å². The monoisotopic (exact) mass is 269 g/mol. The van der Waals surface area contributed by atoms with Crippen LogP contribution in [0.1, 0.15) is 39.2 Å². The lowest BCUT2D eigenvalue weighted by Gasteiger charge is -2.18. The maximum Gasteiger partial charge on any atom is 0.126 e. The zero-order chi connectivity index (χ0) is 14.3. The van der Waals surface area contributed by atoms with Gasteiger partial charge in [-0.15, -0.1) is 0 Å². The number of halogens is 2. The maximum atomic E-state index is 13.6. The summed E-state index contributed by atoms with van der Waals surface area (Å²) in [7, 11) is 0. The second kappa shape index (κ2) is 8.26. The van der Waals surface area contributed by atoms with Crippen molar-refractivity contribution in [3.05, 3.63) is 35.4 Å². The van der Waals surface area contributed by atoms with E-state index in [1.807, 2.05) is 0 Å². The summed E-state index contributed by atoms with van der Waals surface area (Å²) in [6, 6.07) is 3.71. The normalized spacial score (nSPS) is 12.9. The molecule has 0 aromatic heterocycles. The smallest absolute Gasteiger partial charge is 0.126 e. The fraction of sp³-hybridized carbons (Fsp3) is 0.625. The van der Waals surface area contributed by atoms with Crippen LogP contribution in [0.15, 0.2) is 18.2 Å². The van der Waals surface area contributed by atoms with Crippen LogP contribution >= 0.6 is 0 Å². The lowest BCUT2D eigenvalue weighted by molar-refractivity contribution is 0.414. The fourth-order valence-electron chi connectivity index (χ4n) is 2.27. The summed E-state index contributed by atoms with van der Waals surface area (Å²) in [6.07, 6.45) is 2.69. The first-order valence-electron chi connectivity index (χ1n) is 7.17. The molecular formula is C16H25F2N. The Morgan fingerprint density at radius 3 is 2.53 bits per heavy atom. The number of nitrogens with one attached hydrogen (secondary N) is 1. The van der Waals surface area contributed by atoms with E-state index in [-0.39, 0.29) is 11.6 Å². The lowest BCUT2D eigenvalue weighted by atomic mass is 9.94. The Bertz CT molecular complexity index is 377. The van der Waals surface area contributed by atoms with E-state index in [0.717, 1.165) is 25.9 Å². The van der Waals surface area contributed by atoms with E-state index >= 15 is 0 Å². The van der Waals surface area contributed by atoms with Crippen LogP contribution in [0.25, 0.3) is 0 Å². The molecule has 1 N–H and O–H groups in total. The minimum absolute atomic E-state index is 0.300. The molecule has 108 valence electrons. The number of hydrogen-bond donors (Lipinski definition) is 1. The molecule has 0 radical (unpaired) electrons. The molecule has 0 heterocycles. The van der Waals surface area contributed by atoms with Gasteiger partial charge in [-0.3, -0.25) is 0 Å². The van der Waals surface area contributed by atoms with Gasteiger partial charge in [-0.2, -0.15) is 0 Å². The third-order valence-corrected chi connectivity index (χ3v) is 3.20. The van der Waals surface area contributed by atoms with Gasteiger partial charge in [0.15, 0.2) is 0 Å². The summed E-state index contributed by atoms with van der Waals surface area (Å²) in [4.78, 5) is 0. The van der Waals surface area contributed by atoms with E-state index in [1.165, 1.54) is 18.2 Å². The molecule has 1 aromatic rings. The van der Waals surface area contributed by atoms with Gasteiger partial charge in [-0.25, -0.2) is 8.78 Å². The van der Waals surface area contributed by atoms with E-state index in [1.54, 1.807) is 0 Å². The van der Waals surface area contributed by atoms with Gasteiger partial charge in [0.1, 0.15) is 11.6 Å². The molecular weight excluding hydrogens is 244 g/mol. The fourth-order valence-corrected chi connectivity index (χ4v) is 2.27. The Morgan fingerprint density at radius 1 is 1.16 bits per heavy atom. The van der Waals surface area contributed by atoms with Gasteiger partial charge in [0.05, 0.1) is 0 Å². The van der Waals surface area contributed by atoms with Gasteiger partial charge in [0.2, 0.25) is 0 Å². The van der Waals surface area contributed by atoms with Crippen LogP contribution in [0, 0.1) is 23.5 Å². The van der Waals surface area contributed by atoms with Gasteiger partial charge < -0.3 is 5.32 Å². The van der Waals surface area contributed by atoms with Crippen LogP contribution in [-0.2, 0) is 6.42 Å². The minimum Gasteiger partial charge on any atom is -0.316 e. The predicted molar refractivity (Wildman–Crippen MR) is 76.2 cm³/mol. The molecule has 3 heteroatoms. The second-order valence-corrected chi connectivity index (χ2v) is 5.65. The summed E-state index contributed by atoms with van der Waals surface area (Å²) >= 11 is 0. The molecule has 1 aromatic carbocycles. The number of rotatable bonds is 8. The molecule has 19 heavy (non-hydrogen) atoms. The SMILES string of the molecule is CCCC(CNCC(C)C)Cc1cc(F)ccc1F. The van der Waals surface area contributed by atoms with Crippen LogP contribution in [0.4, 0.5) is 8.78 Å². The Morgan fingerprint density at radius 2 is 1.89 bits per heavy atom. The van der Waals surface area contributed by atoms with E-state index in [2.05, 4.69) is 26.1 Å². The number of benzene rings is 1. The molecule has 0 amide bonds. The summed E-state index contributed by atoms with van der Waals surface area (Å²) < 4.78 is 26.8. The van der Waals surface area contributed by atoms with Gasteiger partial charge in [-0.1, -0.05) is 27.2 Å². The molecule has 0 aliphatic carbocycles. The van der Waals surface area contributed by atoms with Crippen LogP contribution in [0.2, 0.25) is 0 Å². The largest absolute Gasteiger partial charge is 0.316 e. The Labute approximate surface area is 115 Å². The first-order valence-corrected chi connectivity index (χ1v) is 7.17. The first kappa shape index (κ1) is 16.1. The highest BCUT2D eigenvalue weighted by molar-refractivity contribution is 5.19. The summed E-state index contributed by atoms with van der Waals surface area (Å²) in [6.45, 7) is 8.27. The standard InChI is InChI=1S/C16H25F2N/c1-4-5-13(11-19-10-12(2)3)8-14-9-15(17)6-7-16(14)18/h6-7,9,12-13,19H,4-5,8,10-11H2,1-3H3. The average Bonchev–Trinajstić information content (AvgIpc) is 2.33. The Kier molecular flexibility index (Phi) is 7.00. The second-order valence-electron chi connectivity index (χ2n) is 5.65. The molecule has 1 unspecified atom stereocenters. The molecule has 1 atom stereocenters. The van der Waals surface area contributed by atoms with Crippen molar-refractivity contribution in [2.75, 3.05) is 13.1 Å². The Hall–Kier alpha value is -0.960. The van der Waals surface area contributed by atoms with Gasteiger partial charge in [0, 0.05) is 0 Å². The number of hydrogen-bond acceptors (Lipinski definition) is 1. The quantitative estimate of drug-likeness (QED) is 0.747. The summed E-state index contributed by atoms with van der Waals surface area (Å²) in [5.74, 6) is 0.307. The molecule has 0 aliphatic rings. The molecule has 1 rings (SSSR count). The summed E-state index contributed by atoms with van der Waals surface area (Å²) in [5.41, 5.74) is 0.491. The van der Waals surface area contributed by atoms with Gasteiger partial charge >= 0.3 is 0 Å². The van der Waals surface area contributed by atoms with E-state index < -0.39 is 0 Å². The van der Waals surface area contributed by atoms with E-state index in [9.17, 15) is 8.78 Å². The van der Waals surface area contributed by atoms with E-state index in [4.69, 9.17) is 0 Å². The predicted octanol–water partition coefficient (Wildman–Crippen LogP) is 4.17. The topological polar surface area (TPSA) is 12.0 Å². The van der Waals surface area contributed by atoms with Gasteiger partial charge in [-0.05, 0) is 61.5 Å². The van der Waals surface area contributed by atoms with Crippen LogP contribution in [-0.4, -0.2) is 13.1 Å². The van der Waals surface area contributed by atoms with Crippen LogP contribution < -0.4 is 5.32 Å². The third kappa shape index (κ3) is 6.15. The molecule has 0 fully saturated rings. The van der Waals surface area contributed by atoms with Gasteiger partial charge in [0.25, 0.3) is 0 Å². The first-order chi connectivity index (χ1) is 9.02. The van der Waals surface area contributed by atoms with Crippen molar-refractivity contribution in [2.45, 2.75) is 40.0 Å². The summed E-state index contributed by atoms with van der Waals surface area (Å²) in [5, 5.41) is 3.41. The zero-order valence-electron chi connectivity index (χ0n) is 12.2. The van der Waals surface area contributed by atoms with Crippen molar-refractivity contribution in [1.82, 2.24) is 5.32 Å². The van der Waals surface area contributed by atoms with E-state index in [0.29, 0.717) is 23.8 Å². The van der Waals surface area contributed by atoms with Crippen LogP contribution in [0.3, 0.4) is 0 Å². The highest BCUT2D eigenvalue weighted by Gasteiger charge is 2.12. The zero-order valence-corrected chi connectivity index (χ0v) is 12.2. The molecule has 1 nitrogen and oxygen atoms in total. The van der Waals surface area contributed by atoms with Crippen molar-refractivity contribution < 1.29 is 8.78 Å². The molecule has 0 bridgehead atoms. The van der Waals surface area contributed by atoms with Crippen molar-refractivity contribution >= 4 is 0 Å². The molecule has 0 aliphatic heterocycles. The van der Waals surface area contributed by atoms with Crippen LogP contribution in [0.5, 0.6) is 0 Å². The lowest BCUT2D eigenvalue weighted by Crippen LogP contribution is -2.27.